The SMILES string of the molecule is COc1ccc(-c2nc3c(C(=O)N(CCN(C)[C@H](C)c4ccc(F)cc4)C(C)C)cnn3c(C(F)(F)F)c2C)cc1. The number of hydrogen-bond donors (Lipinski definition) is 0. The summed E-state index contributed by atoms with van der Waals surface area (Å²) >= 11 is 0. The molecule has 0 aliphatic heterocycles. The Bertz CT molecular complexity index is 1520. The summed E-state index contributed by atoms with van der Waals surface area (Å²) in [7, 11) is 3.39. The predicted octanol–water partition coefficient (Wildman–Crippen LogP) is 6.41. The summed E-state index contributed by atoms with van der Waals surface area (Å²) in [5.74, 6) is -0.237. The Hall–Kier alpha value is -3.99. The molecule has 1 amide bonds. The molecule has 0 aliphatic carbocycles. The lowest BCUT2D eigenvalue weighted by molar-refractivity contribution is -0.143. The molecule has 4 rings (SSSR count). The first kappa shape index (κ1) is 30.0. The van der Waals surface area contributed by atoms with Crippen molar-refractivity contribution in [3.8, 4) is 17.0 Å². The summed E-state index contributed by atoms with van der Waals surface area (Å²) in [6.45, 7) is 7.78. The summed E-state index contributed by atoms with van der Waals surface area (Å²) in [5, 5.41) is 3.97. The molecule has 0 saturated heterocycles. The largest absolute Gasteiger partial charge is 0.497 e. The number of carbonyl (C=O) groups excluding carboxylic acids is 1. The summed E-state index contributed by atoms with van der Waals surface area (Å²) < 4.78 is 62.2. The molecule has 0 saturated carbocycles. The lowest BCUT2D eigenvalue weighted by atomic mass is 10.0. The van der Waals surface area contributed by atoms with Crippen LogP contribution in [0.4, 0.5) is 17.6 Å². The number of aromatic nitrogens is 3. The van der Waals surface area contributed by atoms with E-state index in [2.05, 4.69) is 10.1 Å². The van der Waals surface area contributed by atoms with Crippen LogP contribution in [0, 0.1) is 12.7 Å². The van der Waals surface area contributed by atoms with Crippen LogP contribution in [-0.2, 0) is 6.18 Å². The molecule has 0 fully saturated rings. The Balaban J connectivity index is 1.69. The summed E-state index contributed by atoms with van der Waals surface area (Å²) in [4.78, 5) is 22.0. The lowest BCUT2D eigenvalue weighted by Crippen LogP contribution is -2.42. The quantitative estimate of drug-likeness (QED) is 0.217. The van der Waals surface area contributed by atoms with Gasteiger partial charge < -0.3 is 9.64 Å². The van der Waals surface area contributed by atoms with Gasteiger partial charge in [0.2, 0.25) is 0 Å². The third-order valence-corrected chi connectivity index (χ3v) is 7.34. The van der Waals surface area contributed by atoms with E-state index >= 15 is 0 Å². The van der Waals surface area contributed by atoms with E-state index in [1.807, 2.05) is 32.7 Å². The Kier molecular flexibility index (Phi) is 8.67. The molecule has 1 atom stereocenters. The number of likely N-dealkylation sites (N-methyl/N-ethyl adjacent to an activating group) is 1. The number of nitrogens with zero attached hydrogens (tertiary/aromatic N) is 5. The number of fused-ring (bicyclic) bond motifs is 1. The van der Waals surface area contributed by atoms with E-state index < -0.39 is 17.8 Å². The van der Waals surface area contributed by atoms with Gasteiger partial charge in [-0.3, -0.25) is 9.69 Å². The standard InChI is InChI=1S/C30H33F4N5O2/c1-18(2)38(16-15-37(5)20(4)21-7-11-23(31)12-8-21)29(40)25-17-35-39-27(30(32,33)34)19(3)26(36-28(25)39)22-9-13-24(41-6)14-10-22/h7-14,17-18,20H,15-16H2,1-6H3/t20-/m1/s1. The zero-order chi connectivity index (χ0) is 30.1. The van der Waals surface area contributed by atoms with Crippen molar-refractivity contribution < 1.29 is 27.1 Å². The third kappa shape index (κ3) is 6.19. The van der Waals surface area contributed by atoms with E-state index in [0.29, 0.717) is 28.9 Å². The fourth-order valence-corrected chi connectivity index (χ4v) is 4.79. The van der Waals surface area contributed by atoms with E-state index in [1.54, 1.807) is 41.3 Å². The maximum atomic E-state index is 14.3. The van der Waals surface area contributed by atoms with E-state index in [9.17, 15) is 22.4 Å². The predicted molar refractivity (Wildman–Crippen MR) is 148 cm³/mol. The second kappa shape index (κ2) is 11.9. The van der Waals surface area contributed by atoms with Gasteiger partial charge >= 0.3 is 6.18 Å². The highest BCUT2D eigenvalue weighted by atomic mass is 19.4. The number of amides is 1. The molecule has 0 radical (unpaired) electrons. The second-order valence-electron chi connectivity index (χ2n) is 10.3. The van der Waals surface area contributed by atoms with Crippen LogP contribution in [0.1, 0.15) is 54.0 Å². The highest BCUT2D eigenvalue weighted by Gasteiger charge is 2.39. The Labute approximate surface area is 236 Å². The first-order chi connectivity index (χ1) is 19.3. The third-order valence-electron chi connectivity index (χ3n) is 7.34. The second-order valence-corrected chi connectivity index (χ2v) is 10.3. The Morgan fingerprint density at radius 2 is 1.66 bits per heavy atom. The van der Waals surface area contributed by atoms with Crippen molar-refractivity contribution >= 4 is 11.6 Å². The van der Waals surface area contributed by atoms with Gasteiger partial charge in [0.05, 0.1) is 19.0 Å². The van der Waals surface area contributed by atoms with Crippen LogP contribution in [0.3, 0.4) is 0 Å². The minimum atomic E-state index is -4.74. The number of methoxy groups -OCH3 is 1. The number of benzene rings is 2. The van der Waals surface area contributed by atoms with Crippen LogP contribution in [0.15, 0.2) is 54.7 Å². The fourth-order valence-electron chi connectivity index (χ4n) is 4.79. The fraction of sp³-hybridized carbons (Fsp3) is 0.367. The number of rotatable bonds is 9. The van der Waals surface area contributed by atoms with Gasteiger partial charge in [0.1, 0.15) is 17.1 Å². The van der Waals surface area contributed by atoms with Gasteiger partial charge in [0.15, 0.2) is 11.3 Å². The first-order valence-corrected chi connectivity index (χ1v) is 13.2. The van der Waals surface area contributed by atoms with Crippen molar-refractivity contribution in [2.45, 2.75) is 46.0 Å². The maximum absolute atomic E-state index is 14.3. The van der Waals surface area contributed by atoms with E-state index in [0.717, 1.165) is 11.8 Å². The van der Waals surface area contributed by atoms with Crippen LogP contribution in [-0.4, -0.2) is 63.6 Å². The molecule has 2 aromatic heterocycles. The van der Waals surface area contributed by atoms with Crippen molar-refractivity contribution in [2.24, 2.45) is 0 Å². The van der Waals surface area contributed by atoms with Crippen molar-refractivity contribution in [3.63, 3.8) is 0 Å². The van der Waals surface area contributed by atoms with Crippen LogP contribution < -0.4 is 4.74 Å². The molecule has 0 aliphatic rings. The van der Waals surface area contributed by atoms with Crippen LogP contribution in [0.5, 0.6) is 5.75 Å². The van der Waals surface area contributed by atoms with E-state index in [-0.39, 0.29) is 40.4 Å². The van der Waals surface area contributed by atoms with E-state index in [4.69, 9.17) is 4.74 Å². The van der Waals surface area contributed by atoms with E-state index in [1.165, 1.54) is 26.2 Å². The van der Waals surface area contributed by atoms with Crippen LogP contribution >= 0.6 is 0 Å². The molecule has 218 valence electrons. The average Bonchev–Trinajstić information content (AvgIpc) is 3.34. The van der Waals surface area contributed by atoms with Gasteiger partial charge in [-0.2, -0.15) is 18.3 Å². The summed E-state index contributed by atoms with van der Waals surface area (Å²) in [6.07, 6.45) is -3.59. The summed E-state index contributed by atoms with van der Waals surface area (Å²) in [6, 6.07) is 12.5. The zero-order valence-electron chi connectivity index (χ0n) is 23.8. The average molecular weight is 572 g/mol. The first-order valence-electron chi connectivity index (χ1n) is 13.2. The zero-order valence-corrected chi connectivity index (χ0v) is 23.8. The highest BCUT2D eigenvalue weighted by Crippen LogP contribution is 2.37. The van der Waals surface area contributed by atoms with Crippen molar-refractivity contribution in [1.82, 2.24) is 24.4 Å². The van der Waals surface area contributed by atoms with Gasteiger partial charge in [-0.15, -0.1) is 0 Å². The topological polar surface area (TPSA) is 63.0 Å². The number of hydrogen-bond acceptors (Lipinski definition) is 5. The lowest BCUT2D eigenvalue weighted by Gasteiger charge is -2.31. The number of halogens is 4. The molecule has 0 unspecified atom stereocenters. The minimum Gasteiger partial charge on any atom is -0.497 e. The maximum Gasteiger partial charge on any atom is 0.433 e. The van der Waals surface area contributed by atoms with Crippen molar-refractivity contribution in [1.29, 1.82) is 0 Å². The molecule has 11 heteroatoms. The molecular formula is C30H33F4N5O2. The highest BCUT2D eigenvalue weighted by molar-refractivity contribution is 6.00. The smallest absolute Gasteiger partial charge is 0.433 e. The normalized spacial score (nSPS) is 12.8. The number of carbonyl (C=O) groups is 1. The van der Waals surface area contributed by atoms with Gasteiger partial charge in [0.25, 0.3) is 5.91 Å². The molecular weight excluding hydrogens is 538 g/mol. The molecule has 0 spiro atoms. The van der Waals surface area contributed by atoms with Gasteiger partial charge in [-0.25, -0.2) is 13.9 Å². The van der Waals surface area contributed by atoms with Crippen molar-refractivity contribution in [2.75, 3.05) is 27.2 Å². The molecule has 0 bridgehead atoms. The Morgan fingerprint density at radius 1 is 1.02 bits per heavy atom. The minimum absolute atomic E-state index is 0.0202. The molecule has 7 nitrogen and oxygen atoms in total. The molecule has 41 heavy (non-hydrogen) atoms. The molecule has 4 aromatic rings. The molecule has 0 N–H and O–H groups in total. The number of ether oxygens (including phenoxy) is 1. The van der Waals surface area contributed by atoms with Crippen LogP contribution in [0.2, 0.25) is 0 Å². The number of alkyl halides is 3. The molecule has 2 aromatic carbocycles. The molecule has 2 heterocycles. The van der Waals surface area contributed by atoms with Gasteiger partial charge in [-0.05, 0) is 76.7 Å². The van der Waals surface area contributed by atoms with Gasteiger partial charge in [-0.1, -0.05) is 12.1 Å². The van der Waals surface area contributed by atoms with Gasteiger partial charge in [0, 0.05) is 36.3 Å². The monoisotopic (exact) mass is 571 g/mol. The Morgan fingerprint density at radius 3 is 2.22 bits per heavy atom. The summed E-state index contributed by atoms with van der Waals surface area (Å²) in [5.41, 5.74) is 0.194. The van der Waals surface area contributed by atoms with Crippen LogP contribution in [0.25, 0.3) is 16.9 Å². The van der Waals surface area contributed by atoms with Crippen molar-refractivity contribution in [3.05, 3.63) is 82.9 Å².